The van der Waals surface area contributed by atoms with Gasteiger partial charge in [0.15, 0.2) is 6.10 Å². The zero-order chi connectivity index (χ0) is 18.6. The second-order valence-corrected chi connectivity index (χ2v) is 5.98. The van der Waals surface area contributed by atoms with Crippen LogP contribution in [0.1, 0.15) is 37.9 Å². The Balaban J connectivity index is 1.66. The molecular weight excluding hydrogens is 338 g/mol. The van der Waals surface area contributed by atoms with E-state index in [4.69, 9.17) is 4.84 Å². The number of carbonyl (C=O) groups is 2. The summed E-state index contributed by atoms with van der Waals surface area (Å²) in [6, 6.07) is 25.4. The van der Waals surface area contributed by atoms with Crippen LogP contribution in [0.15, 0.2) is 84.9 Å². The molecule has 0 spiro atoms. The molecule has 0 saturated heterocycles. The maximum absolute atomic E-state index is 12.6. The number of nitrogens with zero attached hydrogens (tertiary/aromatic N) is 1. The van der Waals surface area contributed by atoms with Gasteiger partial charge in [-0.2, -0.15) is 0 Å². The van der Waals surface area contributed by atoms with E-state index in [1.807, 2.05) is 60.7 Å². The molecule has 0 aliphatic carbocycles. The first-order valence-corrected chi connectivity index (χ1v) is 8.50. The summed E-state index contributed by atoms with van der Waals surface area (Å²) in [6.07, 6.45) is -0.756. The number of fused-ring (bicyclic) bond motifs is 1. The highest BCUT2D eigenvalue weighted by molar-refractivity contribution is 6.20. The highest BCUT2D eigenvalue weighted by Crippen LogP contribution is 2.27. The lowest BCUT2D eigenvalue weighted by molar-refractivity contribution is -0.115. The Morgan fingerprint density at radius 2 is 1.22 bits per heavy atom. The number of imide groups is 1. The largest absolute Gasteiger partial charge is 0.285 e. The summed E-state index contributed by atoms with van der Waals surface area (Å²) < 4.78 is 0. The Morgan fingerprint density at radius 3 is 1.81 bits per heavy atom. The third-order valence-electron chi connectivity index (χ3n) is 4.19. The predicted molar refractivity (Wildman–Crippen MR) is 101 cm³/mol. The van der Waals surface area contributed by atoms with Crippen LogP contribution < -0.4 is 0 Å². The van der Waals surface area contributed by atoms with Gasteiger partial charge in [0.05, 0.1) is 11.1 Å². The molecule has 1 unspecified atom stereocenters. The molecule has 0 radical (unpaired) electrons. The maximum atomic E-state index is 12.6. The highest BCUT2D eigenvalue weighted by atomic mass is 16.7. The van der Waals surface area contributed by atoms with Gasteiger partial charge in [-0.1, -0.05) is 72.5 Å². The quantitative estimate of drug-likeness (QED) is 0.528. The Kier molecular flexibility index (Phi) is 4.52. The van der Waals surface area contributed by atoms with Gasteiger partial charge in [0.1, 0.15) is 0 Å². The van der Waals surface area contributed by atoms with Crippen molar-refractivity contribution in [2.75, 3.05) is 0 Å². The standard InChI is InChI=1S/C23H15NO3/c25-22-19-13-7-8-14-20(19)23(26)24(22)27-21(18-11-5-2-6-12-18)16-15-17-9-3-1-4-10-17/h1-14,21H. The van der Waals surface area contributed by atoms with Crippen molar-refractivity contribution in [1.29, 1.82) is 0 Å². The van der Waals surface area contributed by atoms with Crippen LogP contribution in [0, 0.1) is 11.8 Å². The minimum Gasteiger partial charge on any atom is -0.266 e. The molecule has 4 nitrogen and oxygen atoms in total. The Bertz CT molecular complexity index is 1010. The molecule has 4 heteroatoms. The normalized spacial score (nSPS) is 13.7. The van der Waals surface area contributed by atoms with E-state index in [-0.39, 0.29) is 0 Å². The molecule has 3 aromatic rings. The van der Waals surface area contributed by atoms with Crippen LogP contribution in [0.4, 0.5) is 0 Å². The molecular formula is C23H15NO3. The van der Waals surface area contributed by atoms with Gasteiger partial charge in [0, 0.05) is 5.56 Å². The number of hydrogen-bond donors (Lipinski definition) is 0. The molecule has 0 fully saturated rings. The van der Waals surface area contributed by atoms with Crippen LogP contribution in [-0.2, 0) is 4.84 Å². The Morgan fingerprint density at radius 1 is 0.704 bits per heavy atom. The maximum Gasteiger partial charge on any atom is 0.285 e. The van der Waals surface area contributed by atoms with Gasteiger partial charge in [-0.3, -0.25) is 9.59 Å². The fourth-order valence-electron chi connectivity index (χ4n) is 2.84. The van der Waals surface area contributed by atoms with Gasteiger partial charge in [-0.05, 0) is 29.8 Å². The zero-order valence-electron chi connectivity index (χ0n) is 14.3. The average Bonchev–Trinajstić information content (AvgIpc) is 2.97. The molecule has 4 rings (SSSR count). The smallest absolute Gasteiger partial charge is 0.266 e. The topological polar surface area (TPSA) is 46.6 Å². The fraction of sp³-hybridized carbons (Fsp3) is 0.0435. The van der Waals surface area contributed by atoms with Crippen molar-refractivity contribution in [3.63, 3.8) is 0 Å². The number of hydrogen-bond acceptors (Lipinski definition) is 3. The van der Waals surface area contributed by atoms with Gasteiger partial charge in [-0.15, -0.1) is 5.06 Å². The predicted octanol–water partition coefficient (Wildman–Crippen LogP) is 4.01. The van der Waals surface area contributed by atoms with E-state index >= 15 is 0 Å². The molecule has 1 aliphatic heterocycles. The molecule has 0 aromatic heterocycles. The molecule has 1 atom stereocenters. The van der Waals surface area contributed by atoms with Crippen LogP contribution in [0.2, 0.25) is 0 Å². The number of benzene rings is 3. The number of rotatable bonds is 3. The fourth-order valence-corrected chi connectivity index (χ4v) is 2.84. The Labute approximate surface area is 157 Å². The van der Waals surface area contributed by atoms with Crippen LogP contribution in [0.5, 0.6) is 0 Å². The van der Waals surface area contributed by atoms with Crippen molar-refractivity contribution in [3.05, 3.63) is 107 Å². The van der Waals surface area contributed by atoms with Crippen molar-refractivity contribution in [1.82, 2.24) is 5.06 Å². The van der Waals surface area contributed by atoms with E-state index in [9.17, 15) is 9.59 Å². The third-order valence-corrected chi connectivity index (χ3v) is 4.19. The summed E-state index contributed by atoms with van der Waals surface area (Å²) in [6.45, 7) is 0. The zero-order valence-corrected chi connectivity index (χ0v) is 14.3. The second kappa shape index (κ2) is 7.28. The molecule has 2 amide bonds. The lowest BCUT2D eigenvalue weighted by Gasteiger charge is -2.18. The SMILES string of the molecule is O=C1c2ccccc2C(=O)N1OC(C#Cc1ccccc1)c1ccccc1. The van der Waals surface area contributed by atoms with Crippen LogP contribution >= 0.6 is 0 Å². The van der Waals surface area contributed by atoms with E-state index < -0.39 is 17.9 Å². The van der Waals surface area contributed by atoms with Crippen molar-refractivity contribution in [2.24, 2.45) is 0 Å². The third kappa shape index (κ3) is 3.37. The van der Waals surface area contributed by atoms with Crippen molar-refractivity contribution < 1.29 is 14.4 Å². The van der Waals surface area contributed by atoms with E-state index in [0.29, 0.717) is 11.1 Å². The molecule has 27 heavy (non-hydrogen) atoms. The van der Waals surface area contributed by atoms with Gasteiger partial charge in [0.2, 0.25) is 0 Å². The number of carbonyl (C=O) groups excluding carboxylic acids is 2. The van der Waals surface area contributed by atoms with Gasteiger partial charge in [0.25, 0.3) is 11.8 Å². The second-order valence-electron chi connectivity index (χ2n) is 5.98. The molecule has 130 valence electrons. The lowest BCUT2D eigenvalue weighted by atomic mass is 10.1. The first-order chi connectivity index (χ1) is 13.2. The number of amides is 2. The molecule has 0 N–H and O–H groups in total. The van der Waals surface area contributed by atoms with E-state index in [0.717, 1.165) is 16.2 Å². The number of hydroxylamine groups is 2. The van der Waals surface area contributed by atoms with Crippen molar-refractivity contribution in [3.8, 4) is 11.8 Å². The molecule has 0 bridgehead atoms. The van der Waals surface area contributed by atoms with Gasteiger partial charge < -0.3 is 0 Å². The molecule has 1 aliphatic rings. The molecule has 3 aromatic carbocycles. The van der Waals surface area contributed by atoms with Gasteiger partial charge in [-0.25, -0.2) is 4.84 Å². The van der Waals surface area contributed by atoms with E-state index in [1.54, 1.807) is 24.3 Å². The Hall–Kier alpha value is -3.68. The minimum absolute atomic E-state index is 0.338. The summed E-state index contributed by atoms with van der Waals surface area (Å²) in [5, 5.41) is 0.808. The van der Waals surface area contributed by atoms with Crippen molar-refractivity contribution in [2.45, 2.75) is 6.10 Å². The summed E-state index contributed by atoms with van der Waals surface area (Å²) in [4.78, 5) is 30.9. The summed E-state index contributed by atoms with van der Waals surface area (Å²) in [5.41, 5.74) is 2.26. The van der Waals surface area contributed by atoms with E-state index in [1.165, 1.54) is 0 Å². The monoisotopic (exact) mass is 353 g/mol. The average molecular weight is 353 g/mol. The summed E-state index contributed by atoms with van der Waals surface area (Å²) >= 11 is 0. The van der Waals surface area contributed by atoms with E-state index in [2.05, 4.69) is 11.8 Å². The van der Waals surface area contributed by atoms with Gasteiger partial charge >= 0.3 is 0 Å². The molecule has 0 saturated carbocycles. The van der Waals surface area contributed by atoms with Crippen molar-refractivity contribution >= 4 is 11.8 Å². The van der Waals surface area contributed by atoms with Crippen LogP contribution in [-0.4, -0.2) is 16.9 Å². The highest BCUT2D eigenvalue weighted by Gasteiger charge is 2.38. The minimum atomic E-state index is -0.756. The molecule has 1 heterocycles. The first kappa shape index (κ1) is 16.8. The first-order valence-electron chi connectivity index (χ1n) is 8.50. The summed E-state index contributed by atoms with van der Waals surface area (Å²) in [5.74, 6) is 5.12. The van der Waals surface area contributed by atoms with Crippen LogP contribution in [0.25, 0.3) is 0 Å². The lowest BCUT2D eigenvalue weighted by Crippen LogP contribution is -2.31. The van der Waals surface area contributed by atoms with Crippen LogP contribution in [0.3, 0.4) is 0 Å². The summed E-state index contributed by atoms with van der Waals surface area (Å²) in [7, 11) is 0.